The Morgan fingerprint density at radius 1 is 1.03 bits per heavy atom. The van der Waals surface area contributed by atoms with E-state index in [-0.39, 0.29) is 28.8 Å². The molecule has 0 aliphatic heterocycles. The zero-order chi connectivity index (χ0) is 22.2. The van der Waals surface area contributed by atoms with Crippen LogP contribution in [-0.4, -0.2) is 35.0 Å². The van der Waals surface area contributed by atoms with Crippen molar-refractivity contribution in [3.05, 3.63) is 103 Å². The summed E-state index contributed by atoms with van der Waals surface area (Å²) < 4.78 is 2.80. The lowest BCUT2D eigenvalue weighted by atomic mass is 10.2. The van der Waals surface area contributed by atoms with E-state index in [0.29, 0.717) is 11.3 Å². The lowest BCUT2D eigenvalue weighted by molar-refractivity contribution is 0.102. The highest BCUT2D eigenvalue weighted by Crippen LogP contribution is 2.14. The third-order valence-electron chi connectivity index (χ3n) is 4.86. The number of benzene rings is 1. The van der Waals surface area contributed by atoms with Crippen LogP contribution in [0.4, 0.5) is 5.69 Å². The van der Waals surface area contributed by atoms with Crippen molar-refractivity contribution in [2.45, 2.75) is 6.54 Å². The highest BCUT2D eigenvalue weighted by Gasteiger charge is 2.12. The van der Waals surface area contributed by atoms with Crippen molar-refractivity contribution in [3.63, 3.8) is 0 Å². The van der Waals surface area contributed by atoms with E-state index in [2.05, 4.69) is 25.4 Å². The van der Waals surface area contributed by atoms with Crippen molar-refractivity contribution >= 4 is 28.3 Å². The lowest BCUT2D eigenvalue weighted by Crippen LogP contribution is -2.23. The number of rotatable bonds is 4. The van der Waals surface area contributed by atoms with Crippen LogP contribution in [0.2, 0.25) is 0 Å². The molecule has 158 valence electrons. The van der Waals surface area contributed by atoms with Gasteiger partial charge in [0.15, 0.2) is 5.65 Å². The molecule has 5 rings (SSSR count). The number of hydrogen-bond acceptors (Lipinski definition) is 6. The third-order valence-corrected chi connectivity index (χ3v) is 4.86. The standard InChI is InChI=1S/C21H15N7O4/c29-18(13-9-15-17(22-10-13)24-20(31)25-19(15)30)23-14-5-3-4-12(8-14)11-28-21(32)27-7-2-1-6-16(27)26-28/h1-10H,11H2,(H,23,29)(H2,22,24,25,30,31). The second-order valence-corrected chi connectivity index (χ2v) is 7.05. The zero-order valence-corrected chi connectivity index (χ0v) is 16.4. The van der Waals surface area contributed by atoms with E-state index in [1.807, 2.05) is 6.07 Å². The number of nitrogens with zero attached hydrogens (tertiary/aromatic N) is 4. The first kappa shape index (κ1) is 19.2. The number of pyridine rings is 2. The van der Waals surface area contributed by atoms with Crippen LogP contribution in [0.1, 0.15) is 15.9 Å². The van der Waals surface area contributed by atoms with Gasteiger partial charge in [-0.1, -0.05) is 18.2 Å². The summed E-state index contributed by atoms with van der Waals surface area (Å²) in [5.41, 5.74) is 0.480. The van der Waals surface area contributed by atoms with Crippen molar-refractivity contribution in [2.75, 3.05) is 5.32 Å². The largest absolute Gasteiger partial charge is 0.350 e. The van der Waals surface area contributed by atoms with Crippen LogP contribution in [0.25, 0.3) is 16.7 Å². The first-order valence-electron chi connectivity index (χ1n) is 9.55. The van der Waals surface area contributed by atoms with Gasteiger partial charge in [0.05, 0.1) is 17.5 Å². The number of carbonyl (C=O) groups excluding carboxylic acids is 1. The molecule has 11 heteroatoms. The Balaban J connectivity index is 1.40. The Bertz CT molecular complexity index is 1680. The molecule has 0 saturated carbocycles. The molecule has 1 amide bonds. The van der Waals surface area contributed by atoms with Gasteiger partial charge in [0.1, 0.15) is 5.65 Å². The van der Waals surface area contributed by atoms with Gasteiger partial charge in [-0.25, -0.2) is 19.3 Å². The molecule has 5 aromatic rings. The molecular formula is C21H15N7O4. The zero-order valence-electron chi connectivity index (χ0n) is 16.4. The number of amides is 1. The van der Waals surface area contributed by atoms with Crippen LogP contribution in [0, 0.1) is 0 Å². The minimum atomic E-state index is -0.672. The van der Waals surface area contributed by atoms with E-state index < -0.39 is 17.2 Å². The molecule has 0 bridgehead atoms. The smallest absolute Gasteiger partial charge is 0.322 e. The van der Waals surface area contributed by atoms with E-state index in [0.717, 1.165) is 5.56 Å². The van der Waals surface area contributed by atoms with Crippen LogP contribution in [0.15, 0.2) is 75.3 Å². The van der Waals surface area contributed by atoms with Gasteiger partial charge in [0, 0.05) is 18.1 Å². The Morgan fingerprint density at radius 3 is 2.75 bits per heavy atom. The molecule has 0 atom stereocenters. The summed E-state index contributed by atoms with van der Waals surface area (Å²) in [6.07, 6.45) is 2.92. The second-order valence-electron chi connectivity index (χ2n) is 7.05. The molecule has 0 radical (unpaired) electrons. The summed E-state index contributed by atoms with van der Waals surface area (Å²) >= 11 is 0. The first-order chi connectivity index (χ1) is 15.5. The number of carbonyl (C=O) groups is 1. The van der Waals surface area contributed by atoms with Crippen LogP contribution in [0.3, 0.4) is 0 Å². The van der Waals surface area contributed by atoms with Crippen molar-refractivity contribution < 1.29 is 4.79 Å². The Kier molecular flexibility index (Phi) is 4.48. The average molecular weight is 429 g/mol. The number of nitrogens with one attached hydrogen (secondary N) is 3. The van der Waals surface area contributed by atoms with E-state index in [4.69, 9.17) is 0 Å². The van der Waals surface area contributed by atoms with E-state index in [1.165, 1.54) is 21.3 Å². The fourth-order valence-electron chi connectivity index (χ4n) is 3.37. The fraction of sp³-hybridized carbons (Fsp3) is 0.0476. The second kappa shape index (κ2) is 7.47. The highest BCUT2D eigenvalue weighted by atomic mass is 16.2. The summed E-state index contributed by atoms with van der Waals surface area (Å²) in [7, 11) is 0. The normalized spacial score (nSPS) is 11.1. The number of aromatic nitrogens is 6. The lowest BCUT2D eigenvalue weighted by Gasteiger charge is -2.08. The van der Waals surface area contributed by atoms with Crippen LogP contribution < -0.4 is 22.3 Å². The van der Waals surface area contributed by atoms with Crippen molar-refractivity contribution in [2.24, 2.45) is 0 Å². The monoisotopic (exact) mass is 429 g/mol. The first-order valence-corrected chi connectivity index (χ1v) is 9.55. The molecule has 0 aliphatic carbocycles. The van der Waals surface area contributed by atoms with Crippen LogP contribution in [0.5, 0.6) is 0 Å². The summed E-state index contributed by atoms with van der Waals surface area (Å²) in [4.78, 5) is 56.9. The Morgan fingerprint density at radius 2 is 1.91 bits per heavy atom. The maximum absolute atomic E-state index is 12.7. The molecule has 0 fully saturated rings. The number of aromatic amines is 2. The molecule has 4 aromatic heterocycles. The molecular weight excluding hydrogens is 414 g/mol. The molecule has 0 unspecified atom stereocenters. The van der Waals surface area contributed by atoms with Gasteiger partial charge in [-0.15, -0.1) is 5.10 Å². The molecule has 1 aromatic carbocycles. The summed E-state index contributed by atoms with van der Waals surface area (Å²) in [5.74, 6) is -0.480. The number of fused-ring (bicyclic) bond motifs is 2. The Labute approximate surface area is 178 Å². The minimum Gasteiger partial charge on any atom is -0.322 e. The van der Waals surface area contributed by atoms with E-state index >= 15 is 0 Å². The van der Waals surface area contributed by atoms with E-state index in [1.54, 1.807) is 42.6 Å². The predicted molar refractivity (Wildman–Crippen MR) is 116 cm³/mol. The van der Waals surface area contributed by atoms with Crippen molar-refractivity contribution in [1.82, 2.24) is 29.1 Å². The highest BCUT2D eigenvalue weighted by molar-refractivity contribution is 6.05. The number of anilines is 1. The third kappa shape index (κ3) is 3.47. The summed E-state index contributed by atoms with van der Waals surface area (Å²) in [6.45, 7) is 0.227. The van der Waals surface area contributed by atoms with Gasteiger partial charge in [-0.2, -0.15) is 0 Å². The predicted octanol–water partition coefficient (Wildman–Crippen LogP) is 0.721. The quantitative estimate of drug-likeness (QED) is 0.384. The maximum Gasteiger partial charge on any atom is 0.350 e. The van der Waals surface area contributed by atoms with Gasteiger partial charge < -0.3 is 5.32 Å². The van der Waals surface area contributed by atoms with Crippen LogP contribution >= 0.6 is 0 Å². The molecule has 11 nitrogen and oxygen atoms in total. The number of hydrogen-bond donors (Lipinski definition) is 3. The fourth-order valence-corrected chi connectivity index (χ4v) is 3.37. The molecule has 32 heavy (non-hydrogen) atoms. The molecule has 0 spiro atoms. The van der Waals surface area contributed by atoms with Crippen molar-refractivity contribution in [1.29, 1.82) is 0 Å². The van der Waals surface area contributed by atoms with Gasteiger partial charge in [-0.3, -0.25) is 24.0 Å². The molecule has 3 N–H and O–H groups in total. The SMILES string of the molecule is O=C(Nc1cccc(Cn2nc3ccccn3c2=O)c1)c1cnc2[nH]c(=O)[nH]c(=O)c2c1. The Hall–Kier alpha value is -4.80. The summed E-state index contributed by atoms with van der Waals surface area (Å²) in [6, 6.07) is 13.7. The molecule has 4 heterocycles. The van der Waals surface area contributed by atoms with Gasteiger partial charge >= 0.3 is 11.4 Å². The summed E-state index contributed by atoms with van der Waals surface area (Å²) in [5, 5.41) is 7.14. The van der Waals surface area contributed by atoms with Gasteiger partial charge in [0.25, 0.3) is 11.5 Å². The average Bonchev–Trinajstić information content (AvgIpc) is 3.09. The van der Waals surface area contributed by atoms with Crippen molar-refractivity contribution in [3.8, 4) is 0 Å². The van der Waals surface area contributed by atoms with E-state index in [9.17, 15) is 19.2 Å². The minimum absolute atomic E-state index is 0.0928. The van der Waals surface area contributed by atoms with Gasteiger partial charge in [0.2, 0.25) is 0 Å². The van der Waals surface area contributed by atoms with Crippen LogP contribution in [-0.2, 0) is 6.54 Å². The topological polar surface area (TPSA) is 147 Å². The molecule has 0 aliphatic rings. The number of H-pyrrole nitrogens is 2. The molecule has 0 saturated heterocycles. The maximum atomic E-state index is 12.7. The van der Waals surface area contributed by atoms with Gasteiger partial charge in [-0.05, 0) is 35.9 Å².